The molecule has 2 aliphatic carbocycles. The fourth-order valence-electron chi connectivity index (χ4n) is 6.49. The van der Waals surface area contributed by atoms with Gasteiger partial charge in [0.05, 0.1) is 22.7 Å². The number of rotatable bonds is 0. The van der Waals surface area contributed by atoms with Crippen LogP contribution in [0.5, 0.6) is 0 Å². The van der Waals surface area contributed by atoms with Crippen LogP contribution < -0.4 is 0 Å². The standard InChI is InChI=1S/C31H18N4/c1-2-4-21-17(3-1)11-19-13-20-12-18-5-6-27-30(29(18)25(20)14-24(19)21)35-28-16-33-9-7-22(28)26-15-32-10-8-23(26)31(35)34-27/h1-10,13-16H,11-12H2. The van der Waals surface area contributed by atoms with Crippen molar-refractivity contribution in [1.29, 1.82) is 0 Å². The van der Waals surface area contributed by atoms with Crippen LogP contribution in [0.2, 0.25) is 0 Å². The van der Waals surface area contributed by atoms with Crippen LogP contribution in [0.4, 0.5) is 0 Å². The van der Waals surface area contributed by atoms with Gasteiger partial charge in [-0.1, -0.05) is 36.4 Å². The van der Waals surface area contributed by atoms with Crippen molar-refractivity contribution in [2.75, 3.05) is 0 Å². The number of hydrogen-bond acceptors (Lipinski definition) is 3. The summed E-state index contributed by atoms with van der Waals surface area (Å²) in [6.07, 6.45) is 9.61. The molecule has 0 saturated heterocycles. The molecule has 7 aromatic rings. The van der Waals surface area contributed by atoms with Crippen LogP contribution in [-0.2, 0) is 12.8 Å². The first-order chi connectivity index (χ1) is 17.3. The molecule has 4 heteroatoms. The molecule has 0 unspecified atom stereocenters. The highest BCUT2D eigenvalue weighted by Crippen LogP contribution is 2.47. The summed E-state index contributed by atoms with van der Waals surface area (Å²) in [4.78, 5) is 14.1. The summed E-state index contributed by atoms with van der Waals surface area (Å²) >= 11 is 0. The summed E-state index contributed by atoms with van der Waals surface area (Å²) in [7, 11) is 0. The van der Waals surface area contributed by atoms with E-state index in [0.717, 1.165) is 45.7 Å². The fraction of sp³-hybridized carbons (Fsp3) is 0.0645. The Kier molecular flexibility index (Phi) is 3.11. The highest BCUT2D eigenvalue weighted by Gasteiger charge is 2.28. The average molecular weight is 447 g/mol. The maximum atomic E-state index is 5.16. The number of aromatic nitrogens is 4. The summed E-state index contributed by atoms with van der Waals surface area (Å²) in [6, 6.07) is 22.3. The van der Waals surface area contributed by atoms with Crippen LogP contribution in [0, 0.1) is 0 Å². The van der Waals surface area contributed by atoms with E-state index in [1.54, 1.807) is 0 Å². The Hall–Kier alpha value is -4.57. The minimum Gasteiger partial charge on any atom is -0.289 e. The summed E-state index contributed by atoms with van der Waals surface area (Å²) in [5, 5.41) is 3.37. The van der Waals surface area contributed by atoms with E-state index in [-0.39, 0.29) is 0 Å². The smallest absolute Gasteiger partial charge is 0.146 e. The topological polar surface area (TPSA) is 43.1 Å². The first-order valence-electron chi connectivity index (χ1n) is 12.0. The lowest BCUT2D eigenvalue weighted by atomic mass is 9.97. The van der Waals surface area contributed by atoms with E-state index in [4.69, 9.17) is 4.98 Å². The van der Waals surface area contributed by atoms with Crippen LogP contribution >= 0.6 is 0 Å². The molecule has 0 N–H and O–H groups in total. The monoisotopic (exact) mass is 446 g/mol. The Morgan fingerprint density at radius 2 is 1.46 bits per heavy atom. The predicted molar refractivity (Wildman–Crippen MR) is 140 cm³/mol. The second kappa shape index (κ2) is 6.10. The zero-order chi connectivity index (χ0) is 22.7. The maximum absolute atomic E-state index is 5.16. The molecule has 0 bridgehead atoms. The molecule has 0 spiro atoms. The van der Waals surface area contributed by atoms with Gasteiger partial charge < -0.3 is 0 Å². The van der Waals surface area contributed by atoms with Gasteiger partial charge in [0.2, 0.25) is 0 Å². The molecule has 0 amide bonds. The molecule has 35 heavy (non-hydrogen) atoms. The normalized spacial score (nSPS) is 13.5. The van der Waals surface area contributed by atoms with Gasteiger partial charge in [-0.3, -0.25) is 14.4 Å². The third kappa shape index (κ3) is 2.15. The summed E-state index contributed by atoms with van der Waals surface area (Å²) in [5.41, 5.74) is 15.3. The lowest BCUT2D eigenvalue weighted by Crippen LogP contribution is -1.94. The van der Waals surface area contributed by atoms with Crippen molar-refractivity contribution in [2.24, 2.45) is 0 Å². The third-order valence-corrected chi connectivity index (χ3v) is 7.97. The Morgan fingerprint density at radius 3 is 2.43 bits per heavy atom. The lowest BCUT2D eigenvalue weighted by Gasteiger charge is -2.11. The third-order valence-electron chi connectivity index (χ3n) is 7.97. The van der Waals surface area contributed by atoms with Crippen molar-refractivity contribution in [3.63, 3.8) is 0 Å². The summed E-state index contributed by atoms with van der Waals surface area (Å²) < 4.78 is 2.33. The molecule has 0 atom stereocenters. The van der Waals surface area contributed by atoms with E-state index in [1.807, 2.05) is 24.8 Å². The molecular weight excluding hydrogens is 428 g/mol. The quantitative estimate of drug-likeness (QED) is 0.243. The Morgan fingerprint density at radius 1 is 0.629 bits per heavy atom. The van der Waals surface area contributed by atoms with E-state index < -0.39 is 0 Å². The highest BCUT2D eigenvalue weighted by molar-refractivity contribution is 6.15. The van der Waals surface area contributed by atoms with Gasteiger partial charge >= 0.3 is 0 Å². The van der Waals surface area contributed by atoms with Crippen molar-refractivity contribution >= 4 is 38.4 Å². The molecule has 162 valence electrons. The van der Waals surface area contributed by atoms with Gasteiger partial charge in [0.1, 0.15) is 5.65 Å². The molecule has 0 aliphatic heterocycles. The lowest BCUT2D eigenvalue weighted by molar-refractivity contribution is 1.21. The molecular formula is C31H18N4. The van der Waals surface area contributed by atoms with E-state index >= 15 is 0 Å². The zero-order valence-corrected chi connectivity index (χ0v) is 18.8. The molecule has 0 saturated carbocycles. The average Bonchev–Trinajstić information content (AvgIpc) is 3.58. The van der Waals surface area contributed by atoms with Gasteiger partial charge in [-0.2, -0.15) is 0 Å². The minimum atomic E-state index is 0.963. The number of nitrogens with zero attached hydrogens (tertiary/aromatic N) is 4. The van der Waals surface area contributed by atoms with Crippen molar-refractivity contribution in [3.05, 3.63) is 108 Å². The molecule has 9 rings (SSSR count). The van der Waals surface area contributed by atoms with Crippen molar-refractivity contribution in [1.82, 2.24) is 19.4 Å². The summed E-state index contributed by atoms with van der Waals surface area (Å²) in [6.45, 7) is 0. The van der Waals surface area contributed by atoms with Gasteiger partial charge in [-0.15, -0.1) is 0 Å². The molecule has 4 aromatic heterocycles. The largest absolute Gasteiger partial charge is 0.289 e. The highest BCUT2D eigenvalue weighted by atomic mass is 15.0. The van der Waals surface area contributed by atoms with Crippen molar-refractivity contribution in [3.8, 4) is 22.3 Å². The number of hydrogen-bond donors (Lipinski definition) is 0. The second-order valence-corrected chi connectivity index (χ2v) is 9.73. The van der Waals surface area contributed by atoms with Crippen LogP contribution in [0.15, 0.2) is 85.5 Å². The van der Waals surface area contributed by atoms with Crippen LogP contribution in [-0.4, -0.2) is 19.4 Å². The van der Waals surface area contributed by atoms with E-state index in [9.17, 15) is 0 Å². The SMILES string of the molecule is c1ccc2c(c1)Cc1cc3c(cc1-2)-c1c(ccc2nc4c5ccncc5c5ccncc5n4c12)C3. The fourth-order valence-corrected chi connectivity index (χ4v) is 6.49. The van der Waals surface area contributed by atoms with E-state index in [0.29, 0.717) is 0 Å². The van der Waals surface area contributed by atoms with Gasteiger partial charge in [0.15, 0.2) is 0 Å². The number of pyridine rings is 3. The van der Waals surface area contributed by atoms with Gasteiger partial charge in [0.25, 0.3) is 0 Å². The zero-order valence-electron chi connectivity index (χ0n) is 18.8. The summed E-state index contributed by atoms with van der Waals surface area (Å²) in [5.74, 6) is 0. The molecule has 3 aromatic carbocycles. The molecule has 2 aliphatic rings. The number of benzene rings is 3. The number of fused-ring (bicyclic) bond motifs is 15. The molecule has 4 heterocycles. The van der Waals surface area contributed by atoms with Gasteiger partial charge in [0, 0.05) is 40.3 Å². The minimum absolute atomic E-state index is 0.963. The van der Waals surface area contributed by atoms with Crippen LogP contribution in [0.3, 0.4) is 0 Å². The Balaban J connectivity index is 1.46. The first-order valence-corrected chi connectivity index (χ1v) is 12.0. The Bertz CT molecular complexity index is 2070. The van der Waals surface area contributed by atoms with E-state index in [2.05, 4.69) is 75.0 Å². The molecule has 0 fully saturated rings. The van der Waals surface area contributed by atoms with Crippen LogP contribution in [0.25, 0.3) is 60.6 Å². The van der Waals surface area contributed by atoms with Gasteiger partial charge in [-0.05, 0) is 76.1 Å². The molecule has 4 nitrogen and oxygen atoms in total. The first kappa shape index (κ1) is 17.8. The van der Waals surface area contributed by atoms with E-state index in [1.165, 1.54) is 50.0 Å². The maximum Gasteiger partial charge on any atom is 0.146 e. The van der Waals surface area contributed by atoms with Gasteiger partial charge in [-0.25, -0.2) is 4.98 Å². The number of imidazole rings is 1. The predicted octanol–water partition coefficient (Wildman–Crippen LogP) is 6.73. The molecule has 0 radical (unpaired) electrons. The Labute approximate surface area is 200 Å². The van der Waals surface area contributed by atoms with Crippen LogP contribution in [0.1, 0.15) is 22.3 Å². The van der Waals surface area contributed by atoms with Crippen molar-refractivity contribution in [2.45, 2.75) is 12.8 Å². The van der Waals surface area contributed by atoms with Crippen molar-refractivity contribution < 1.29 is 0 Å². The second-order valence-electron chi connectivity index (χ2n) is 9.73.